The maximum absolute atomic E-state index is 10.5. The zero-order chi connectivity index (χ0) is 24.4. The molecule has 180 valence electrons. The largest absolute Gasteiger partial charge is 2.00 e. The monoisotopic (exact) mass is 584 g/mol. The summed E-state index contributed by atoms with van der Waals surface area (Å²) in [6.07, 6.45) is -12.5. The normalized spacial score (nSPS) is 20.8. The summed E-state index contributed by atoms with van der Waals surface area (Å²) < 4.78 is 0. The molecule has 0 spiro atoms. The van der Waals surface area contributed by atoms with Crippen molar-refractivity contribution in [2.75, 3.05) is 13.2 Å². The molecule has 0 heterocycles. The summed E-state index contributed by atoms with van der Waals surface area (Å²) in [7, 11) is 0. The smallest absolute Gasteiger partial charge is 0.547 e. The number of carbonyl (C=O) groups is 2. The second-order valence-corrected chi connectivity index (χ2v) is 6.50. The molecular formula is C16H30BaO14. The second-order valence-electron chi connectivity index (χ2n) is 6.50. The fraction of sp³-hybridized carbons (Fsp3) is 0.875. The third kappa shape index (κ3) is 9.48. The van der Waals surface area contributed by atoms with Crippen molar-refractivity contribution in [3.63, 3.8) is 0 Å². The average molecular weight is 584 g/mol. The van der Waals surface area contributed by atoms with Crippen LogP contribution in [0.15, 0.2) is 0 Å². The summed E-state index contributed by atoms with van der Waals surface area (Å²) in [6, 6.07) is 0. The Morgan fingerprint density at radius 1 is 0.710 bits per heavy atom. The van der Waals surface area contributed by atoms with E-state index in [9.17, 15) is 50.4 Å². The van der Waals surface area contributed by atoms with Crippen LogP contribution in [0.1, 0.15) is 26.7 Å². The second kappa shape index (κ2) is 15.9. The van der Waals surface area contributed by atoms with E-state index in [0.717, 1.165) is 0 Å². The molecule has 0 bridgehead atoms. The standard InChI is InChI=1S/2C8H16O7.Ba/c2*1-2-8(15,7(13)14)6(12)5(11)4(10)3-9;/h2*4-6,9-12,15H,2-3H2,1H3,(H,13,14);/q;;+2/p-2. The predicted molar refractivity (Wildman–Crippen MR) is 96.5 cm³/mol. The van der Waals surface area contributed by atoms with Gasteiger partial charge in [-0.25, -0.2) is 0 Å². The summed E-state index contributed by atoms with van der Waals surface area (Å²) in [4.78, 5) is 21.1. The maximum atomic E-state index is 10.5. The minimum Gasteiger partial charge on any atom is -0.547 e. The van der Waals surface area contributed by atoms with Crippen LogP contribution in [0, 0.1) is 0 Å². The first-order chi connectivity index (χ1) is 13.6. The summed E-state index contributed by atoms with van der Waals surface area (Å²) in [5.74, 6) is -3.91. The van der Waals surface area contributed by atoms with Crippen LogP contribution < -0.4 is 10.2 Å². The van der Waals surface area contributed by atoms with Crippen LogP contribution in [0.4, 0.5) is 0 Å². The fourth-order valence-corrected chi connectivity index (χ4v) is 2.15. The number of aliphatic hydroxyl groups excluding tert-OH is 8. The van der Waals surface area contributed by atoms with E-state index in [2.05, 4.69) is 0 Å². The van der Waals surface area contributed by atoms with Crippen molar-refractivity contribution < 1.29 is 70.9 Å². The van der Waals surface area contributed by atoms with Gasteiger partial charge in [0.2, 0.25) is 0 Å². The van der Waals surface area contributed by atoms with Gasteiger partial charge in [-0.15, -0.1) is 0 Å². The molecule has 0 saturated heterocycles. The van der Waals surface area contributed by atoms with E-state index in [1.54, 1.807) is 0 Å². The summed E-state index contributed by atoms with van der Waals surface area (Å²) in [6.45, 7) is 0.782. The first kappa shape index (κ1) is 35.7. The number of rotatable bonds is 12. The van der Waals surface area contributed by atoms with Gasteiger partial charge < -0.3 is 70.9 Å². The van der Waals surface area contributed by atoms with Gasteiger partial charge in [-0.3, -0.25) is 0 Å². The van der Waals surface area contributed by atoms with Gasteiger partial charge in [0.25, 0.3) is 0 Å². The Labute approximate surface area is 218 Å². The Balaban J connectivity index is -0.000000490. The van der Waals surface area contributed by atoms with Gasteiger partial charge in [0.05, 0.1) is 25.2 Å². The van der Waals surface area contributed by atoms with E-state index in [-0.39, 0.29) is 48.9 Å². The van der Waals surface area contributed by atoms with Gasteiger partial charge in [-0.1, -0.05) is 13.8 Å². The Bertz CT molecular complexity index is 490. The third-order valence-electron chi connectivity index (χ3n) is 4.57. The van der Waals surface area contributed by atoms with Gasteiger partial charge in [-0.05, 0) is 12.8 Å². The molecule has 0 amide bonds. The molecule has 0 aromatic rings. The molecule has 0 aromatic carbocycles. The number of hydrogen-bond donors (Lipinski definition) is 10. The maximum Gasteiger partial charge on any atom is 2.00 e. The van der Waals surface area contributed by atoms with Crippen molar-refractivity contribution in [2.24, 2.45) is 0 Å². The Kier molecular flexibility index (Phi) is 18.3. The van der Waals surface area contributed by atoms with Crippen LogP contribution in [-0.2, 0) is 9.59 Å². The molecule has 0 aliphatic rings. The quantitative estimate of drug-likeness (QED) is 0.0955. The van der Waals surface area contributed by atoms with Gasteiger partial charge >= 0.3 is 48.9 Å². The van der Waals surface area contributed by atoms with E-state index < -0.39 is 85.8 Å². The zero-order valence-corrected chi connectivity index (χ0v) is 21.5. The van der Waals surface area contributed by atoms with E-state index >= 15 is 0 Å². The summed E-state index contributed by atoms with van der Waals surface area (Å²) >= 11 is 0. The number of carboxylic acids is 2. The van der Waals surface area contributed by atoms with E-state index in [4.69, 9.17) is 20.4 Å². The SMILES string of the molecule is CCC(O)(C(=O)[O-])C(O)C(O)C(O)CO.CCC(O)(C(=O)[O-])C(O)C(O)C(O)CO.[Ba+2]. The molecule has 14 nitrogen and oxygen atoms in total. The first-order valence-corrected chi connectivity index (χ1v) is 8.79. The van der Waals surface area contributed by atoms with Gasteiger partial charge in [0.1, 0.15) is 47.8 Å². The van der Waals surface area contributed by atoms with Crippen molar-refractivity contribution in [3.05, 3.63) is 0 Å². The van der Waals surface area contributed by atoms with Gasteiger partial charge in [0, 0.05) is 0 Å². The molecule has 0 fully saturated rings. The molecule has 0 rings (SSSR count). The molecule has 0 aromatic heterocycles. The predicted octanol–water partition coefficient (Wildman–Crippen LogP) is -8.48. The van der Waals surface area contributed by atoms with Gasteiger partial charge in [-0.2, -0.15) is 0 Å². The Hall–Kier alpha value is 0.111. The zero-order valence-electron chi connectivity index (χ0n) is 17.1. The van der Waals surface area contributed by atoms with Crippen LogP contribution in [0.3, 0.4) is 0 Å². The Morgan fingerprint density at radius 2 is 0.935 bits per heavy atom. The van der Waals surface area contributed by atoms with Crippen molar-refractivity contribution >= 4 is 60.8 Å². The van der Waals surface area contributed by atoms with Crippen LogP contribution in [0.5, 0.6) is 0 Å². The molecule has 31 heavy (non-hydrogen) atoms. The summed E-state index contributed by atoms with van der Waals surface area (Å²) in [5.41, 5.74) is -5.31. The van der Waals surface area contributed by atoms with Crippen LogP contribution in [0.25, 0.3) is 0 Å². The average Bonchev–Trinajstić information content (AvgIpc) is 2.74. The van der Waals surface area contributed by atoms with Crippen molar-refractivity contribution in [2.45, 2.75) is 74.5 Å². The molecular weight excluding hydrogens is 553 g/mol. The molecule has 0 aliphatic carbocycles. The Morgan fingerprint density at radius 3 is 1.06 bits per heavy atom. The number of carbonyl (C=O) groups excluding carboxylic acids is 2. The molecule has 8 atom stereocenters. The van der Waals surface area contributed by atoms with Gasteiger partial charge in [0.15, 0.2) is 0 Å². The van der Waals surface area contributed by atoms with Crippen molar-refractivity contribution in [1.29, 1.82) is 0 Å². The number of carboxylic acid groups (broad SMARTS) is 2. The number of aliphatic hydroxyl groups is 10. The fourth-order valence-electron chi connectivity index (χ4n) is 2.15. The topological polar surface area (TPSA) is 283 Å². The van der Waals surface area contributed by atoms with E-state index in [1.807, 2.05) is 0 Å². The van der Waals surface area contributed by atoms with Crippen LogP contribution in [-0.4, -0.2) is 173 Å². The van der Waals surface area contributed by atoms with E-state index in [1.165, 1.54) is 13.8 Å². The van der Waals surface area contributed by atoms with E-state index in [0.29, 0.717) is 0 Å². The first-order valence-electron chi connectivity index (χ1n) is 8.79. The molecule has 0 aliphatic heterocycles. The van der Waals surface area contributed by atoms with Crippen molar-refractivity contribution in [3.8, 4) is 0 Å². The van der Waals surface area contributed by atoms with Crippen molar-refractivity contribution in [1.82, 2.24) is 0 Å². The third-order valence-corrected chi connectivity index (χ3v) is 4.57. The number of hydrogen-bond acceptors (Lipinski definition) is 14. The molecule has 10 N–H and O–H groups in total. The number of aliphatic carboxylic acids is 2. The molecule has 0 radical (unpaired) electrons. The molecule has 0 saturated carbocycles. The van der Waals surface area contributed by atoms with Crippen LogP contribution in [0.2, 0.25) is 0 Å². The minimum atomic E-state index is -2.66. The minimum absolute atomic E-state index is 0. The summed E-state index contributed by atoms with van der Waals surface area (Å²) in [5, 5.41) is 112. The molecule has 15 heteroatoms. The van der Waals surface area contributed by atoms with Crippen LogP contribution >= 0.6 is 0 Å². The molecule has 8 unspecified atom stereocenters.